The Morgan fingerprint density at radius 1 is 1.06 bits per heavy atom. The van der Waals surface area contributed by atoms with Gasteiger partial charge in [-0.15, -0.1) is 5.10 Å². The number of hydrogen-bond donors (Lipinski definition) is 4. The fourth-order valence-corrected chi connectivity index (χ4v) is 3.81. The summed E-state index contributed by atoms with van der Waals surface area (Å²) in [6.45, 7) is 2.63. The lowest BCUT2D eigenvalue weighted by atomic mass is 9.98. The number of rotatable bonds is 8. The highest BCUT2D eigenvalue weighted by Crippen LogP contribution is 2.30. The molecule has 0 radical (unpaired) electrons. The molecule has 11 nitrogen and oxygen atoms in total. The average Bonchev–Trinajstić information content (AvgIpc) is 3.45. The van der Waals surface area contributed by atoms with Gasteiger partial charge in [-0.05, 0) is 33.5 Å². The van der Waals surface area contributed by atoms with E-state index in [4.69, 9.17) is 29.1 Å². The molecule has 2 aromatic carbocycles. The van der Waals surface area contributed by atoms with Crippen molar-refractivity contribution in [3.05, 3.63) is 70.8 Å². The SMILES string of the molecule is CCCCc1nc(Cl)c(CO)n1Cc1ccc(-c2ccccc2-c2nnn[nH]2)cc1.O=S(=O)(O)O. The number of tetrazole rings is 1. The molecule has 0 aliphatic heterocycles. The Balaban J connectivity index is 0.000000623. The van der Waals surface area contributed by atoms with Crippen molar-refractivity contribution in [2.45, 2.75) is 39.3 Å². The third-order valence-electron chi connectivity index (χ3n) is 5.14. The van der Waals surface area contributed by atoms with Crippen LogP contribution < -0.4 is 0 Å². The molecule has 0 aliphatic carbocycles. The summed E-state index contributed by atoms with van der Waals surface area (Å²) in [5.41, 5.74) is 4.84. The minimum Gasteiger partial charge on any atom is -0.390 e. The number of aliphatic hydroxyl groups is 1. The highest BCUT2D eigenvalue weighted by atomic mass is 35.5. The Kier molecular flexibility index (Phi) is 9.07. The summed E-state index contributed by atoms with van der Waals surface area (Å²) in [4.78, 5) is 4.47. The Labute approximate surface area is 207 Å². The number of aromatic amines is 1. The first kappa shape index (κ1) is 26.4. The first-order chi connectivity index (χ1) is 16.7. The van der Waals surface area contributed by atoms with E-state index in [0.717, 1.165) is 47.3 Å². The van der Waals surface area contributed by atoms with Crippen LogP contribution >= 0.6 is 11.6 Å². The summed E-state index contributed by atoms with van der Waals surface area (Å²) < 4.78 is 33.6. The standard InChI is InChI=1S/C22H23ClN6O.H2O4S/c1-2-3-8-20-24-21(23)19(14-30)29(20)13-15-9-11-16(12-10-15)17-6-4-5-7-18(17)22-25-27-28-26-22;1-5(2,3)4/h4-7,9-12,30H,2-3,8,13-14H2,1H3,(H,25,26,27,28);(H2,1,2,3,4). The van der Waals surface area contributed by atoms with Gasteiger partial charge in [0.1, 0.15) is 5.82 Å². The zero-order valence-electron chi connectivity index (χ0n) is 18.8. The van der Waals surface area contributed by atoms with E-state index >= 15 is 0 Å². The number of aryl methyl sites for hydroxylation is 1. The largest absolute Gasteiger partial charge is 0.394 e. The maximum Gasteiger partial charge on any atom is 0.394 e. The van der Waals surface area contributed by atoms with E-state index in [0.29, 0.717) is 23.2 Å². The van der Waals surface area contributed by atoms with E-state index in [-0.39, 0.29) is 6.61 Å². The zero-order chi connectivity index (χ0) is 25.4. The topological polar surface area (TPSA) is 167 Å². The van der Waals surface area contributed by atoms with Crippen LogP contribution in [-0.4, -0.2) is 52.8 Å². The van der Waals surface area contributed by atoms with Gasteiger partial charge in [-0.25, -0.2) is 10.1 Å². The van der Waals surface area contributed by atoms with Crippen molar-refractivity contribution < 1.29 is 22.6 Å². The molecule has 4 aromatic rings. The van der Waals surface area contributed by atoms with Gasteiger partial charge in [0.05, 0.1) is 12.3 Å². The molecule has 0 unspecified atom stereocenters. The van der Waals surface area contributed by atoms with E-state index in [2.05, 4.69) is 62.9 Å². The predicted molar refractivity (Wildman–Crippen MR) is 130 cm³/mol. The first-order valence-corrected chi connectivity index (χ1v) is 12.5. The number of imidazole rings is 1. The second-order valence-electron chi connectivity index (χ2n) is 7.55. The molecule has 2 aromatic heterocycles. The molecule has 0 fully saturated rings. The van der Waals surface area contributed by atoms with Crippen LogP contribution in [0, 0.1) is 0 Å². The molecule has 0 saturated carbocycles. The van der Waals surface area contributed by atoms with Gasteiger partial charge >= 0.3 is 10.4 Å². The average molecular weight is 521 g/mol. The summed E-state index contributed by atoms with van der Waals surface area (Å²) >= 11 is 6.26. The van der Waals surface area contributed by atoms with Crippen LogP contribution in [0.1, 0.15) is 36.8 Å². The number of nitrogens with zero attached hydrogens (tertiary/aromatic N) is 5. The molecule has 13 heteroatoms. The minimum absolute atomic E-state index is 0.130. The Bertz CT molecular complexity index is 1330. The lowest BCUT2D eigenvalue weighted by Gasteiger charge is -2.12. The Hall–Kier alpha value is -3.16. The molecule has 0 spiro atoms. The molecule has 0 aliphatic rings. The molecule has 2 heterocycles. The molecular weight excluding hydrogens is 496 g/mol. The summed E-state index contributed by atoms with van der Waals surface area (Å²) in [5, 5.41) is 24.4. The van der Waals surface area contributed by atoms with Crippen molar-refractivity contribution in [3.8, 4) is 22.5 Å². The quantitative estimate of drug-likeness (QED) is 0.253. The lowest BCUT2D eigenvalue weighted by molar-refractivity contribution is 0.271. The first-order valence-electron chi connectivity index (χ1n) is 10.7. The van der Waals surface area contributed by atoms with Crippen LogP contribution in [0.25, 0.3) is 22.5 Å². The molecule has 35 heavy (non-hydrogen) atoms. The van der Waals surface area contributed by atoms with Crippen molar-refractivity contribution in [2.75, 3.05) is 0 Å². The number of unbranched alkanes of at least 4 members (excludes halogenated alkanes) is 1. The van der Waals surface area contributed by atoms with Gasteiger partial charge in [-0.3, -0.25) is 9.11 Å². The second-order valence-corrected chi connectivity index (χ2v) is 8.81. The Morgan fingerprint density at radius 3 is 2.29 bits per heavy atom. The van der Waals surface area contributed by atoms with Crippen LogP contribution in [0.5, 0.6) is 0 Å². The van der Waals surface area contributed by atoms with E-state index in [1.165, 1.54) is 0 Å². The van der Waals surface area contributed by atoms with Crippen LogP contribution in [0.2, 0.25) is 5.15 Å². The maximum absolute atomic E-state index is 9.77. The number of benzene rings is 2. The summed E-state index contributed by atoms with van der Waals surface area (Å²) in [7, 11) is -4.67. The van der Waals surface area contributed by atoms with E-state index in [9.17, 15) is 5.11 Å². The Morgan fingerprint density at radius 2 is 1.71 bits per heavy atom. The fourth-order valence-electron chi connectivity index (χ4n) is 3.56. The third kappa shape index (κ3) is 7.41. The number of aliphatic hydroxyl groups excluding tert-OH is 1. The van der Waals surface area contributed by atoms with Gasteiger partial charge in [0, 0.05) is 18.5 Å². The highest BCUT2D eigenvalue weighted by molar-refractivity contribution is 7.79. The number of H-pyrrole nitrogens is 1. The minimum atomic E-state index is -4.67. The molecule has 0 amide bonds. The van der Waals surface area contributed by atoms with Gasteiger partial charge in [-0.2, -0.15) is 8.42 Å². The second kappa shape index (κ2) is 12.0. The summed E-state index contributed by atoms with van der Waals surface area (Å²) in [6.07, 6.45) is 2.95. The normalized spacial score (nSPS) is 11.2. The van der Waals surface area contributed by atoms with Crippen LogP contribution in [-0.2, 0) is 30.0 Å². The van der Waals surface area contributed by atoms with Gasteiger partial charge in [0.25, 0.3) is 0 Å². The molecule has 186 valence electrons. The molecule has 0 bridgehead atoms. The smallest absolute Gasteiger partial charge is 0.390 e. The number of hydrogen-bond acceptors (Lipinski definition) is 7. The van der Waals surface area contributed by atoms with E-state index in [1.54, 1.807) is 0 Å². The van der Waals surface area contributed by atoms with Crippen LogP contribution in [0.3, 0.4) is 0 Å². The van der Waals surface area contributed by atoms with Crippen molar-refractivity contribution in [2.24, 2.45) is 0 Å². The summed E-state index contributed by atoms with van der Waals surface area (Å²) in [5.74, 6) is 1.55. The monoisotopic (exact) mass is 520 g/mol. The van der Waals surface area contributed by atoms with E-state index in [1.807, 2.05) is 22.8 Å². The zero-order valence-corrected chi connectivity index (χ0v) is 20.4. The predicted octanol–water partition coefficient (Wildman–Crippen LogP) is 3.61. The maximum atomic E-state index is 9.77. The van der Waals surface area contributed by atoms with Crippen LogP contribution in [0.15, 0.2) is 48.5 Å². The van der Waals surface area contributed by atoms with Gasteiger partial charge in [0.15, 0.2) is 11.0 Å². The highest BCUT2D eigenvalue weighted by Gasteiger charge is 2.15. The van der Waals surface area contributed by atoms with Crippen LogP contribution in [0.4, 0.5) is 0 Å². The van der Waals surface area contributed by atoms with Crippen molar-refractivity contribution in [1.82, 2.24) is 30.2 Å². The van der Waals surface area contributed by atoms with Gasteiger partial charge in [0.2, 0.25) is 0 Å². The molecule has 4 N–H and O–H groups in total. The van der Waals surface area contributed by atoms with Gasteiger partial charge < -0.3 is 9.67 Å². The number of nitrogens with one attached hydrogen (secondary N) is 1. The molecule has 4 rings (SSSR count). The van der Waals surface area contributed by atoms with Gasteiger partial charge in [-0.1, -0.05) is 73.5 Å². The third-order valence-corrected chi connectivity index (χ3v) is 5.44. The van der Waals surface area contributed by atoms with Crippen molar-refractivity contribution >= 4 is 22.0 Å². The van der Waals surface area contributed by atoms with E-state index < -0.39 is 10.4 Å². The molecule has 0 atom stereocenters. The molecular formula is C22H25ClN6O5S. The van der Waals surface area contributed by atoms with Crippen molar-refractivity contribution in [3.63, 3.8) is 0 Å². The van der Waals surface area contributed by atoms with Crippen molar-refractivity contribution in [1.29, 1.82) is 0 Å². The fraction of sp³-hybridized carbons (Fsp3) is 0.273. The lowest BCUT2D eigenvalue weighted by Crippen LogP contribution is -2.09. The molecule has 0 saturated heterocycles. The summed E-state index contributed by atoms with van der Waals surface area (Å²) in [6, 6.07) is 16.3. The number of halogens is 1. The number of aromatic nitrogens is 6.